The van der Waals surface area contributed by atoms with Gasteiger partial charge in [-0.2, -0.15) is 0 Å². The Morgan fingerprint density at radius 1 is 1.07 bits per heavy atom. The van der Waals surface area contributed by atoms with Crippen LogP contribution in [-0.2, 0) is 9.59 Å². The largest absolute Gasteiger partial charge is 0.299 e. The zero-order valence-corrected chi connectivity index (χ0v) is 19.4. The van der Waals surface area contributed by atoms with Gasteiger partial charge in [-0.1, -0.05) is 40.7 Å². The molecule has 0 aromatic carbocycles. The van der Waals surface area contributed by atoms with Gasteiger partial charge in [0.2, 0.25) is 0 Å². The van der Waals surface area contributed by atoms with E-state index in [4.69, 9.17) is 0 Å². The maximum absolute atomic E-state index is 12.2. The lowest BCUT2D eigenvalue weighted by Crippen LogP contribution is -2.52. The standard InChI is InChI=1S/C27H42O2/c1-17(2)25(29)11-6-18(3)22-9-10-23-21-8-7-19-16-20(28)12-14-26(19,4)24(21)13-15-27(22,23)5/h12,14,17-19,21-24H,6-11,13,15-16H2,1-5H3/t18-,19?,21?,22-,23?,24?,26+,27-/m1/s1. The molecule has 8 atom stereocenters. The quantitative estimate of drug-likeness (QED) is 0.521. The van der Waals surface area contributed by atoms with Crippen LogP contribution in [0.1, 0.15) is 92.4 Å². The molecule has 0 aliphatic heterocycles. The summed E-state index contributed by atoms with van der Waals surface area (Å²) in [5, 5.41) is 0. The van der Waals surface area contributed by atoms with Gasteiger partial charge >= 0.3 is 0 Å². The summed E-state index contributed by atoms with van der Waals surface area (Å²) in [7, 11) is 0. The van der Waals surface area contributed by atoms with Crippen molar-refractivity contribution in [1.82, 2.24) is 0 Å². The van der Waals surface area contributed by atoms with Gasteiger partial charge in [-0.25, -0.2) is 0 Å². The van der Waals surface area contributed by atoms with E-state index in [1.807, 2.05) is 19.9 Å². The fourth-order valence-corrected chi connectivity index (χ4v) is 8.47. The maximum atomic E-state index is 12.2. The summed E-state index contributed by atoms with van der Waals surface area (Å²) in [6, 6.07) is 0. The highest BCUT2D eigenvalue weighted by Gasteiger charge is 2.59. The average Bonchev–Trinajstić information content (AvgIpc) is 3.03. The first kappa shape index (κ1) is 21.3. The third-order valence-corrected chi connectivity index (χ3v) is 10.3. The van der Waals surface area contributed by atoms with Crippen molar-refractivity contribution in [1.29, 1.82) is 0 Å². The van der Waals surface area contributed by atoms with Gasteiger partial charge in [0.15, 0.2) is 5.78 Å². The molecule has 0 spiro atoms. The van der Waals surface area contributed by atoms with Gasteiger partial charge in [0.1, 0.15) is 5.78 Å². The SMILES string of the molecule is CC(C)C(=O)CC[C@@H](C)[C@H]1CCC2C3CCC4CC(=O)C=C[C@]4(C)C3CC[C@@]21C. The lowest BCUT2D eigenvalue weighted by atomic mass is 9.45. The van der Waals surface area contributed by atoms with Crippen LogP contribution in [-0.4, -0.2) is 11.6 Å². The van der Waals surface area contributed by atoms with E-state index in [0.29, 0.717) is 28.8 Å². The Morgan fingerprint density at radius 2 is 1.83 bits per heavy atom. The lowest BCUT2D eigenvalue weighted by Gasteiger charge is -2.59. The molecule has 4 rings (SSSR count). The number of Topliss-reactive ketones (excluding diaryl/α,β-unsaturated/α-hetero) is 1. The Hall–Kier alpha value is -0.920. The minimum absolute atomic E-state index is 0.177. The first-order valence-electron chi connectivity index (χ1n) is 12.4. The fraction of sp³-hybridized carbons (Fsp3) is 0.852. The van der Waals surface area contributed by atoms with Crippen molar-refractivity contribution in [2.75, 3.05) is 0 Å². The Kier molecular flexibility index (Phi) is 5.62. The molecule has 3 saturated carbocycles. The van der Waals surface area contributed by atoms with Crippen molar-refractivity contribution in [2.24, 2.45) is 52.3 Å². The second-order valence-corrected chi connectivity index (χ2v) is 11.9. The minimum atomic E-state index is 0.177. The minimum Gasteiger partial charge on any atom is -0.299 e. The number of rotatable bonds is 5. The summed E-state index contributed by atoms with van der Waals surface area (Å²) in [5.74, 6) is 5.41. The first-order valence-corrected chi connectivity index (χ1v) is 12.4. The highest BCUT2D eigenvalue weighted by atomic mass is 16.1. The number of ketones is 2. The molecule has 3 fully saturated rings. The van der Waals surface area contributed by atoms with E-state index in [0.717, 1.165) is 42.9 Å². The zero-order chi connectivity index (χ0) is 21.0. The molecule has 2 heteroatoms. The van der Waals surface area contributed by atoms with Crippen LogP contribution in [0.3, 0.4) is 0 Å². The number of carbonyl (C=O) groups is 2. The van der Waals surface area contributed by atoms with Crippen LogP contribution in [0.2, 0.25) is 0 Å². The number of allylic oxidation sites excluding steroid dienone is 2. The summed E-state index contributed by atoms with van der Waals surface area (Å²) in [6.07, 6.45) is 14.8. The van der Waals surface area contributed by atoms with Crippen molar-refractivity contribution >= 4 is 11.6 Å². The molecule has 0 amide bonds. The number of fused-ring (bicyclic) bond motifs is 5. The van der Waals surface area contributed by atoms with Gasteiger partial charge in [-0.3, -0.25) is 9.59 Å². The molecule has 0 saturated heterocycles. The first-order chi connectivity index (χ1) is 13.7. The van der Waals surface area contributed by atoms with E-state index in [1.165, 1.54) is 38.5 Å². The van der Waals surface area contributed by atoms with Crippen LogP contribution in [0.4, 0.5) is 0 Å². The molecular formula is C27H42O2. The average molecular weight is 399 g/mol. The summed E-state index contributed by atoms with van der Waals surface area (Å²) < 4.78 is 0. The van der Waals surface area contributed by atoms with Gasteiger partial charge in [0, 0.05) is 18.8 Å². The molecule has 0 bridgehead atoms. The normalized spacial score (nSPS) is 44.9. The summed E-state index contributed by atoms with van der Waals surface area (Å²) in [5.41, 5.74) is 0.699. The lowest BCUT2D eigenvalue weighted by molar-refractivity contribution is -0.123. The molecule has 0 aromatic rings. The van der Waals surface area contributed by atoms with E-state index in [-0.39, 0.29) is 11.3 Å². The van der Waals surface area contributed by atoms with E-state index >= 15 is 0 Å². The van der Waals surface area contributed by atoms with Crippen molar-refractivity contribution in [3.8, 4) is 0 Å². The third kappa shape index (κ3) is 3.47. The molecule has 2 nitrogen and oxygen atoms in total. The Balaban J connectivity index is 1.49. The zero-order valence-electron chi connectivity index (χ0n) is 19.4. The molecule has 162 valence electrons. The molecule has 0 aromatic heterocycles. The topological polar surface area (TPSA) is 34.1 Å². The number of carbonyl (C=O) groups excluding carboxylic acids is 2. The van der Waals surface area contributed by atoms with Crippen molar-refractivity contribution in [3.05, 3.63) is 12.2 Å². The molecule has 4 unspecified atom stereocenters. The summed E-state index contributed by atoms with van der Waals surface area (Å²) in [6.45, 7) is 11.6. The number of hydrogen-bond donors (Lipinski definition) is 0. The predicted octanol–water partition coefficient (Wildman–Crippen LogP) is 6.63. The highest BCUT2D eigenvalue weighted by molar-refractivity contribution is 5.91. The second kappa shape index (κ2) is 7.65. The van der Waals surface area contributed by atoms with Gasteiger partial charge in [0.25, 0.3) is 0 Å². The molecule has 29 heavy (non-hydrogen) atoms. The van der Waals surface area contributed by atoms with Crippen molar-refractivity contribution in [2.45, 2.75) is 92.4 Å². The van der Waals surface area contributed by atoms with Crippen LogP contribution >= 0.6 is 0 Å². The third-order valence-electron chi connectivity index (χ3n) is 10.3. The highest BCUT2D eigenvalue weighted by Crippen LogP contribution is 2.67. The van der Waals surface area contributed by atoms with E-state index in [1.54, 1.807) is 0 Å². The molecule has 0 heterocycles. The van der Waals surface area contributed by atoms with E-state index < -0.39 is 0 Å². The van der Waals surface area contributed by atoms with Gasteiger partial charge in [0.05, 0.1) is 0 Å². The molecule has 4 aliphatic rings. The van der Waals surface area contributed by atoms with Crippen molar-refractivity contribution in [3.63, 3.8) is 0 Å². The van der Waals surface area contributed by atoms with Crippen molar-refractivity contribution < 1.29 is 9.59 Å². The van der Waals surface area contributed by atoms with Crippen LogP contribution in [0.15, 0.2) is 12.2 Å². The smallest absolute Gasteiger partial charge is 0.155 e. The molecular weight excluding hydrogens is 356 g/mol. The van der Waals surface area contributed by atoms with Gasteiger partial charge in [-0.15, -0.1) is 0 Å². The predicted molar refractivity (Wildman–Crippen MR) is 118 cm³/mol. The monoisotopic (exact) mass is 398 g/mol. The molecule has 0 N–H and O–H groups in total. The molecule has 4 aliphatic carbocycles. The maximum Gasteiger partial charge on any atom is 0.155 e. The Labute approximate surface area is 178 Å². The fourth-order valence-electron chi connectivity index (χ4n) is 8.47. The van der Waals surface area contributed by atoms with E-state index in [2.05, 4.69) is 26.8 Å². The second-order valence-electron chi connectivity index (χ2n) is 11.9. The van der Waals surface area contributed by atoms with Crippen LogP contribution in [0, 0.1) is 52.3 Å². The van der Waals surface area contributed by atoms with Crippen LogP contribution < -0.4 is 0 Å². The Morgan fingerprint density at radius 3 is 2.55 bits per heavy atom. The summed E-state index contributed by atoms with van der Waals surface area (Å²) in [4.78, 5) is 24.2. The van der Waals surface area contributed by atoms with Crippen LogP contribution in [0.25, 0.3) is 0 Å². The summed E-state index contributed by atoms with van der Waals surface area (Å²) >= 11 is 0. The van der Waals surface area contributed by atoms with E-state index in [9.17, 15) is 9.59 Å². The molecule has 0 radical (unpaired) electrons. The van der Waals surface area contributed by atoms with Gasteiger partial charge in [-0.05, 0) is 97.4 Å². The Bertz CT molecular complexity index is 691. The van der Waals surface area contributed by atoms with Gasteiger partial charge < -0.3 is 0 Å². The van der Waals surface area contributed by atoms with Crippen LogP contribution in [0.5, 0.6) is 0 Å². The number of hydrogen-bond acceptors (Lipinski definition) is 2.